The zero-order valence-electron chi connectivity index (χ0n) is 13.0. The van der Waals surface area contributed by atoms with Gasteiger partial charge in [-0.1, -0.05) is 13.3 Å². The highest BCUT2D eigenvalue weighted by Crippen LogP contribution is 2.24. The molecular formula is C16H21N3O4. The average Bonchev–Trinajstić information content (AvgIpc) is 2.93. The average molecular weight is 319 g/mol. The molecular weight excluding hydrogens is 298 g/mol. The maximum Gasteiger partial charge on any atom is 0.270 e. The van der Waals surface area contributed by atoms with Gasteiger partial charge in [0, 0.05) is 42.4 Å². The maximum absolute atomic E-state index is 12.1. The molecule has 23 heavy (non-hydrogen) atoms. The molecule has 0 spiro atoms. The molecule has 7 heteroatoms. The van der Waals surface area contributed by atoms with Crippen molar-refractivity contribution in [3.8, 4) is 0 Å². The number of carbonyl (C=O) groups excluding carboxylic acids is 1. The fraction of sp³-hybridized carbons (Fsp3) is 0.438. The van der Waals surface area contributed by atoms with Crippen LogP contribution in [-0.4, -0.2) is 34.1 Å². The maximum atomic E-state index is 12.1. The molecule has 1 atom stereocenters. The number of nitrogens with one attached hydrogen (secondary N) is 2. The van der Waals surface area contributed by atoms with Crippen molar-refractivity contribution in [1.29, 1.82) is 0 Å². The predicted octanol–water partition coefficient (Wildman–Crippen LogP) is 2.14. The van der Waals surface area contributed by atoms with Gasteiger partial charge in [-0.25, -0.2) is 0 Å². The van der Waals surface area contributed by atoms with Crippen LogP contribution >= 0.6 is 0 Å². The molecule has 124 valence electrons. The number of fused-ring (bicyclic) bond motifs is 1. The van der Waals surface area contributed by atoms with Gasteiger partial charge in [0.25, 0.3) is 5.69 Å². The van der Waals surface area contributed by atoms with Crippen molar-refractivity contribution < 1.29 is 14.8 Å². The lowest BCUT2D eigenvalue weighted by Gasteiger charge is -2.14. The fourth-order valence-electron chi connectivity index (χ4n) is 2.55. The second-order valence-corrected chi connectivity index (χ2v) is 5.57. The summed E-state index contributed by atoms with van der Waals surface area (Å²) in [5.41, 5.74) is 1.51. The van der Waals surface area contributed by atoms with Crippen molar-refractivity contribution in [3.05, 3.63) is 40.1 Å². The van der Waals surface area contributed by atoms with Crippen LogP contribution in [0.25, 0.3) is 10.9 Å². The zero-order valence-corrected chi connectivity index (χ0v) is 13.0. The van der Waals surface area contributed by atoms with E-state index in [4.69, 9.17) is 5.11 Å². The van der Waals surface area contributed by atoms with Gasteiger partial charge in [0.2, 0.25) is 5.91 Å². The van der Waals surface area contributed by atoms with Gasteiger partial charge >= 0.3 is 0 Å². The number of rotatable bonds is 8. The van der Waals surface area contributed by atoms with Crippen molar-refractivity contribution in [2.45, 2.75) is 26.2 Å². The lowest BCUT2D eigenvalue weighted by molar-refractivity contribution is -0.384. The standard InChI is InChI=1S/C16H21N3O4/c1-2-11(5-6-20)9-18-16(21)7-12-10-17-15-4-3-13(19(22)23)8-14(12)15/h3-4,8,10-11,17,20H,2,5-7,9H2,1H3,(H,18,21). The van der Waals surface area contributed by atoms with Crippen LogP contribution in [0.4, 0.5) is 5.69 Å². The number of nitro groups is 1. The van der Waals surface area contributed by atoms with Gasteiger partial charge in [0.15, 0.2) is 0 Å². The van der Waals surface area contributed by atoms with E-state index in [2.05, 4.69) is 10.3 Å². The van der Waals surface area contributed by atoms with Crippen LogP contribution in [0, 0.1) is 16.0 Å². The second-order valence-electron chi connectivity index (χ2n) is 5.57. The van der Waals surface area contributed by atoms with E-state index in [9.17, 15) is 14.9 Å². The van der Waals surface area contributed by atoms with Gasteiger partial charge in [0.1, 0.15) is 0 Å². The van der Waals surface area contributed by atoms with Crippen molar-refractivity contribution in [2.75, 3.05) is 13.2 Å². The summed E-state index contributed by atoms with van der Waals surface area (Å²) in [7, 11) is 0. The van der Waals surface area contributed by atoms with E-state index in [0.29, 0.717) is 18.4 Å². The Bertz CT molecular complexity index is 696. The van der Waals surface area contributed by atoms with Crippen LogP contribution in [0.5, 0.6) is 0 Å². The number of non-ortho nitro benzene ring substituents is 1. The number of nitro benzene ring substituents is 1. The molecule has 1 unspecified atom stereocenters. The van der Waals surface area contributed by atoms with Gasteiger partial charge in [-0.3, -0.25) is 14.9 Å². The van der Waals surface area contributed by atoms with Crippen molar-refractivity contribution in [2.24, 2.45) is 5.92 Å². The lowest BCUT2D eigenvalue weighted by atomic mass is 10.0. The molecule has 2 aromatic rings. The molecule has 0 aliphatic heterocycles. The van der Waals surface area contributed by atoms with Crippen LogP contribution in [0.2, 0.25) is 0 Å². The first-order valence-electron chi connectivity index (χ1n) is 7.67. The van der Waals surface area contributed by atoms with Crippen LogP contribution in [-0.2, 0) is 11.2 Å². The van der Waals surface area contributed by atoms with E-state index in [1.54, 1.807) is 12.3 Å². The van der Waals surface area contributed by atoms with E-state index < -0.39 is 4.92 Å². The number of H-pyrrole nitrogens is 1. The molecule has 0 aliphatic carbocycles. The van der Waals surface area contributed by atoms with Gasteiger partial charge in [-0.05, 0) is 24.0 Å². The molecule has 1 amide bonds. The van der Waals surface area contributed by atoms with Crippen LogP contribution in [0.15, 0.2) is 24.4 Å². The Morgan fingerprint density at radius 3 is 2.91 bits per heavy atom. The third-order valence-corrected chi connectivity index (χ3v) is 4.02. The number of amides is 1. The largest absolute Gasteiger partial charge is 0.396 e. The zero-order chi connectivity index (χ0) is 16.8. The van der Waals surface area contributed by atoms with Crippen LogP contribution < -0.4 is 5.32 Å². The van der Waals surface area contributed by atoms with E-state index in [-0.39, 0.29) is 30.5 Å². The molecule has 3 N–H and O–H groups in total. The first-order chi connectivity index (χ1) is 11.0. The monoisotopic (exact) mass is 319 g/mol. The molecule has 1 aromatic heterocycles. The minimum absolute atomic E-state index is 0.00718. The molecule has 2 rings (SSSR count). The number of carbonyl (C=O) groups is 1. The summed E-state index contributed by atoms with van der Waals surface area (Å²) in [5.74, 6) is 0.127. The van der Waals surface area contributed by atoms with E-state index in [1.165, 1.54) is 12.1 Å². The number of aliphatic hydroxyl groups excluding tert-OH is 1. The number of aliphatic hydroxyl groups is 1. The lowest BCUT2D eigenvalue weighted by Crippen LogP contribution is -2.30. The van der Waals surface area contributed by atoms with E-state index in [0.717, 1.165) is 17.5 Å². The molecule has 0 bridgehead atoms. The quantitative estimate of drug-likeness (QED) is 0.511. The second kappa shape index (κ2) is 7.73. The topological polar surface area (TPSA) is 108 Å². The third-order valence-electron chi connectivity index (χ3n) is 4.02. The minimum atomic E-state index is -0.447. The van der Waals surface area contributed by atoms with Crippen LogP contribution in [0.1, 0.15) is 25.3 Å². The number of aromatic amines is 1. The van der Waals surface area contributed by atoms with E-state index in [1.807, 2.05) is 6.92 Å². The van der Waals surface area contributed by atoms with Crippen molar-refractivity contribution >= 4 is 22.5 Å². The highest BCUT2D eigenvalue weighted by atomic mass is 16.6. The summed E-state index contributed by atoms with van der Waals surface area (Å²) in [5, 5.41) is 23.4. The first kappa shape index (κ1) is 17.0. The molecule has 1 heterocycles. The van der Waals surface area contributed by atoms with Crippen LogP contribution in [0.3, 0.4) is 0 Å². The SMILES string of the molecule is CCC(CCO)CNC(=O)Cc1c[nH]c2ccc([N+](=O)[O-])cc12. The number of hydrogen-bond acceptors (Lipinski definition) is 4. The molecule has 1 aromatic carbocycles. The fourth-order valence-corrected chi connectivity index (χ4v) is 2.55. The minimum Gasteiger partial charge on any atom is -0.396 e. The first-order valence-corrected chi connectivity index (χ1v) is 7.67. The van der Waals surface area contributed by atoms with Crippen molar-refractivity contribution in [1.82, 2.24) is 10.3 Å². The predicted molar refractivity (Wildman–Crippen MR) is 87.2 cm³/mol. The summed E-state index contributed by atoms with van der Waals surface area (Å²) < 4.78 is 0. The van der Waals surface area contributed by atoms with Gasteiger partial charge in [-0.2, -0.15) is 0 Å². The molecule has 0 fully saturated rings. The number of aromatic nitrogens is 1. The Kier molecular flexibility index (Phi) is 5.70. The van der Waals surface area contributed by atoms with Gasteiger partial charge in [0.05, 0.1) is 11.3 Å². The van der Waals surface area contributed by atoms with Crippen molar-refractivity contribution in [3.63, 3.8) is 0 Å². The summed E-state index contributed by atoms with van der Waals surface area (Å²) in [6, 6.07) is 4.56. The smallest absolute Gasteiger partial charge is 0.270 e. The molecule has 0 saturated carbocycles. The Hall–Kier alpha value is -2.41. The molecule has 0 saturated heterocycles. The summed E-state index contributed by atoms with van der Waals surface area (Å²) in [4.78, 5) is 25.5. The third kappa shape index (κ3) is 4.29. The Labute approximate surface area is 133 Å². The Morgan fingerprint density at radius 2 is 2.26 bits per heavy atom. The number of hydrogen-bond donors (Lipinski definition) is 3. The summed E-state index contributed by atoms with van der Waals surface area (Å²) in [6.45, 7) is 2.66. The Balaban J connectivity index is 2.04. The molecule has 0 radical (unpaired) electrons. The number of benzene rings is 1. The summed E-state index contributed by atoms with van der Waals surface area (Å²) in [6.07, 6.45) is 3.42. The highest BCUT2D eigenvalue weighted by molar-refractivity contribution is 5.90. The van der Waals surface area contributed by atoms with Gasteiger partial charge < -0.3 is 15.4 Å². The molecule has 7 nitrogen and oxygen atoms in total. The number of nitrogens with zero attached hydrogens (tertiary/aromatic N) is 1. The summed E-state index contributed by atoms with van der Waals surface area (Å²) >= 11 is 0. The Morgan fingerprint density at radius 1 is 1.48 bits per heavy atom. The highest BCUT2D eigenvalue weighted by Gasteiger charge is 2.14. The normalized spacial score (nSPS) is 12.3. The van der Waals surface area contributed by atoms with E-state index >= 15 is 0 Å². The van der Waals surface area contributed by atoms with Gasteiger partial charge in [-0.15, -0.1) is 0 Å². The molecule has 0 aliphatic rings.